The summed E-state index contributed by atoms with van der Waals surface area (Å²) in [5.74, 6) is 1.34. The summed E-state index contributed by atoms with van der Waals surface area (Å²) in [6.07, 6.45) is 0. The van der Waals surface area contributed by atoms with Crippen molar-refractivity contribution in [2.45, 2.75) is 0 Å². The average Bonchev–Trinajstić information content (AvgIpc) is 2.82. The Balaban J connectivity index is 1.95. The van der Waals surface area contributed by atoms with Crippen molar-refractivity contribution in [3.05, 3.63) is 45.3 Å². The Morgan fingerprint density at radius 3 is 2.41 bits per heavy atom. The van der Waals surface area contributed by atoms with Crippen molar-refractivity contribution in [3.8, 4) is 5.75 Å². The molecule has 7 heteroatoms. The zero-order valence-electron chi connectivity index (χ0n) is 11.9. The lowest BCUT2D eigenvalue weighted by atomic mass is 10.3. The largest absolute Gasteiger partial charge is 0.497 e. The number of imidazole rings is 1. The molecule has 0 unspecified atom stereocenters. The normalized spacial score (nSPS) is 11.5. The molecule has 0 spiro atoms. The quantitative estimate of drug-likeness (QED) is 0.520. The lowest BCUT2D eigenvalue weighted by molar-refractivity contribution is 0.415. The molecule has 0 saturated carbocycles. The van der Waals surface area contributed by atoms with Crippen molar-refractivity contribution in [3.63, 3.8) is 0 Å². The Hall–Kier alpha value is -1.73. The van der Waals surface area contributed by atoms with Crippen LogP contribution in [0.5, 0.6) is 5.75 Å². The first-order valence-electron chi connectivity index (χ1n) is 6.46. The van der Waals surface area contributed by atoms with Gasteiger partial charge in [-0.05, 0) is 68.3 Å². The van der Waals surface area contributed by atoms with Gasteiger partial charge in [-0.25, -0.2) is 4.98 Å². The zero-order chi connectivity index (χ0) is 15.7. The van der Waals surface area contributed by atoms with Gasteiger partial charge in [-0.1, -0.05) is 0 Å². The number of fused-ring (bicyclic) bond motifs is 1. The van der Waals surface area contributed by atoms with Gasteiger partial charge in [0.2, 0.25) is 5.95 Å². The Kier molecular flexibility index (Phi) is 4.26. The minimum Gasteiger partial charge on any atom is -0.497 e. The molecule has 0 radical (unpaired) electrons. The van der Waals surface area contributed by atoms with Gasteiger partial charge in [0.15, 0.2) is 0 Å². The van der Waals surface area contributed by atoms with Gasteiger partial charge in [0.25, 0.3) is 0 Å². The van der Waals surface area contributed by atoms with E-state index in [0.717, 1.165) is 31.4 Å². The number of benzene rings is 2. The molecule has 3 aromatic rings. The van der Waals surface area contributed by atoms with Crippen LogP contribution in [0.1, 0.15) is 0 Å². The number of halogens is 2. The standard InChI is InChI=1S/C15H12Br2N4O/c1-21-14-8-12(17)11(16)7-13(14)18-15(21)20-19-9-3-5-10(22-2)6-4-9/h3-8H,1-2H3. The summed E-state index contributed by atoms with van der Waals surface area (Å²) < 4.78 is 8.95. The average molecular weight is 424 g/mol. The Morgan fingerprint density at radius 1 is 1.05 bits per heavy atom. The Morgan fingerprint density at radius 2 is 1.73 bits per heavy atom. The maximum absolute atomic E-state index is 5.12. The van der Waals surface area contributed by atoms with Crippen LogP contribution in [-0.2, 0) is 7.05 Å². The van der Waals surface area contributed by atoms with E-state index >= 15 is 0 Å². The Bertz CT molecular complexity index is 856. The van der Waals surface area contributed by atoms with E-state index < -0.39 is 0 Å². The number of nitrogens with zero attached hydrogens (tertiary/aromatic N) is 4. The number of aryl methyl sites for hydroxylation is 1. The first-order valence-corrected chi connectivity index (χ1v) is 8.04. The number of aromatic nitrogens is 2. The van der Waals surface area contributed by atoms with E-state index in [0.29, 0.717) is 5.95 Å². The summed E-state index contributed by atoms with van der Waals surface area (Å²) in [6.45, 7) is 0. The number of methoxy groups -OCH3 is 1. The van der Waals surface area contributed by atoms with Crippen LogP contribution >= 0.6 is 31.9 Å². The molecule has 22 heavy (non-hydrogen) atoms. The number of hydrogen-bond acceptors (Lipinski definition) is 4. The van der Waals surface area contributed by atoms with E-state index in [1.165, 1.54) is 0 Å². The van der Waals surface area contributed by atoms with E-state index in [9.17, 15) is 0 Å². The van der Waals surface area contributed by atoms with E-state index in [-0.39, 0.29) is 0 Å². The zero-order valence-corrected chi connectivity index (χ0v) is 15.1. The fraction of sp³-hybridized carbons (Fsp3) is 0.133. The van der Waals surface area contributed by atoms with Gasteiger partial charge in [-0.2, -0.15) is 0 Å². The summed E-state index contributed by atoms with van der Waals surface area (Å²) >= 11 is 6.97. The van der Waals surface area contributed by atoms with E-state index in [1.807, 2.05) is 48.0 Å². The van der Waals surface area contributed by atoms with Crippen molar-refractivity contribution in [1.29, 1.82) is 0 Å². The Labute approximate surface area is 144 Å². The summed E-state index contributed by atoms with van der Waals surface area (Å²) in [5, 5.41) is 8.45. The van der Waals surface area contributed by atoms with Crippen molar-refractivity contribution in [2.75, 3.05) is 7.11 Å². The molecule has 3 rings (SSSR count). The van der Waals surface area contributed by atoms with Crippen molar-refractivity contribution >= 4 is 54.5 Å². The van der Waals surface area contributed by atoms with Crippen LogP contribution in [0.25, 0.3) is 11.0 Å². The summed E-state index contributed by atoms with van der Waals surface area (Å²) in [4.78, 5) is 4.49. The molecule has 0 amide bonds. The van der Waals surface area contributed by atoms with Crippen LogP contribution in [0.3, 0.4) is 0 Å². The molecule has 0 aliphatic carbocycles. The summed E-state index contributed by atoms with van der Waals surface area (Å²) in [6, 6.07) is 11.3. The van der Waals surface area contributed by atoms with Crippen LogP contribution in [0.2, 0.25) is 0 Å². The van der Waals surface area contributed by atoms with Gasteiger partial charge < -0.3 is 9.30 Å². The van der Waals surface area contributed by atoms with Gasteiger partial charge in [0, 0.05) is 16.0 Å². The molecule has 0 N–H and O–H groups in total. The first kappa shape index (κ1) is 15.2. The van der Waals surface area contributed by atoms with Gasteiger partial charge in [0.05, 0.1) is 23.8 Å². The van der Waals surface area contributed by atoms with Crippen LogP contribution in [0.15, 0.2) is 55.6 Å². The molecular weight excluding hydrogens is 412 g/mol. The molecule has 0 bridgehead atoms. The van der Waals surface area contributed by atoms with Crippen LogP contribution < -0.4 is 4.74 Å². The highest BCUT2D eigenvalue weighted by molar-refractivity contribution is 9.13. The highest BCUT2D eigenvalue weighted by Crippen LogP contribution is 2.30. The second-order valence-corrected chi connectivity index (χ2v) is 6.33. The van der Waals surface area contributed by atoms with E-state index in [1.54, 1.807) is 7.11 Å². The smallest absolute Gasteiger partial charge is 0.250 e. The third kappa shape index (κ3) is 2.91. The number of ether oxygens (including phenoxy) is 1. The highest BCUT2D eigenvalue weighted by atomic mass is 79.9. The lowest BCUT2D eigenvalue weighted by Gasteiger charge is -1.99. The SMILES string of the molecule is COc1ccc(N=Nc2nc3cc(Br)c(Br)cc3n2C)cc1. The second kappa shape index (κ2) is 6.18. The molecule has 0 aliphatic rings. The van der Waals surface area contributed by atoms with Crippen molar-refractivity contribution in [2.24, 2.45) is 17.3 Å². The van der Waals surface area contributed by atoms with Crippen LogP contribution in [0, 0.1) is 0 Å². The number of azo groups is 1. The topological polar surface area (TPSA) is 51.8 Å². The van der Waals surface area contributed by atoms with Gasteiger partial charge >= 0.3 is 0 Å². The molecule has 1 aromatic heterocycles. The van der Waals surface area contributed by atoms with Crippen LogP contribution in [0.4, 0.5) is 11.6 Å². The number of rotatable bonds is 3. The summed E-state index contributed by atoms with van der Waals surface area (Å²) in [7, 11) is 3.55. The lowest BCUT2D eigenvalue weighted by Crippen LogP contribution is -1.86. The summed E-state index contributed by atoms with van der Waals surface area (Å²) in [5.41, 5.74) is 2.59. The minimum absolute atomic E-state index is 0.552. The van der Waals surface area contributed by atoms with Crippen molar-refractivity contribution < 1.29 is 4.74 Å². The fourth-order valence-electron chi connectivity index (χ4n) is 2.02. The predicted octanol–water partition coefficient (Wildman–Crippen LogP) is 5.52. The monoisotopic (exact) mass is 422 g/mol. The molecule has 1 heterocycles. The maximum atomic E-state index is 5.12. The highest BCUT2D eigenvalue weighted by Gasteiger charge is 2.09. The minimum atomic E-state index is 0.552. The molecule has 112 valence electrons. The van der Waals surface area contributed by atoms with Gasteiger partial charge in [0.1, 0.15) is 5.75 Å². The molecular formula is C15H12Br2N4O. The van der Waals surface area contributed by atoms with E-state index in [4.69, 9.17) is 4.74 Å². The van der Waals surface area contributed by atoms with Gasteiger partial charge in [-0.3, -0.25) is 0 Å². The van der Waals surface area contributed by atoms with E-state index in [2.05, 4.69) is 47.1 Å². The molecule has 2 aromatic carbocycles. The second-order valence-electron chi connectivity index (χ2n) is 4.62. The molecule has 5 nitrogen and oxygen atoms in total. The van der Waals surface area contributed by atoms with Crippen LogP contribution in [-0.4, -0.2) is 16.7 Å². The molecule has 0 fully saturated rings. The molecule has 0 aliphatic heterocycles. The van der Waals surface area contributed by atoms with Crippen molar-refractivity contribution in [1.82, 2.24) is 9.55 Å². The number of hydrogen-bond donors (Lipinski definition) is 0. The molecule has 0 atom stereocenters. The first-order chi connectivity index (χ1) is 10.6. The third-order valence-electron chi connectivity index (χ3n) is 3.23. The molecule has 0 saturated heterocycles. The predicted molar refractivity (Wildman–Crippen MR) is 93.3 cm³/mol. The van der Waals surface area contributed by atoms with Gasteiger partial charge in [-0.15, -0.1) is 10.2 Å². The maximum Gasteiger partial charge on any atom is 0.250 e. The fourth-order valence-corrected chi connectivity index (χ4v) is 2.68. The third-order valence-corrected chi connectivity index (χ3v) is 5.07.